The molecule has 0 aliphatic carbocycles. The molecule has 0 unspecified atom stereocenters. The molecule has 1 aliphatic rings. The maximum Gasteiger partial charge on any atom is 0.234 e. The molecule has 5 rings (SSSR count). The van der Waals surface area contributed by atoms with Crippen molar-refractivity contribution in [1.82, 2.24) is 9.80 Å². The first-order valence-electron chi connectivity index (χ1n) is 12.0. The van der Waals surface area contributed by atoms with E-state index in [1.807, 2.05) is 41.3 Å². The first kappa shape index (κ1) is 24.7. The van der Waals surface area contributed by atoms with Crippen LogP contribution in [0.15, 0.2) is 121 Å². The SMILES string of the molecule is Cl.O=C(C(c1ccccc1)c1ccccc1)N1CCN(C(c2ccccc2)c2ccccc2)CC1. The minimum absolute atomic E-state index is 0. The molecule has 0 radical (unpaired) electrons. The van der Waals surface area contributed by atoms with Crippen molar-refractivity contribution in [3.8, 4) is 0 Å². The van der Waals surface area contributed by atoms with Gasteiger partial charge in [0, 0.05) is 26.2 Å². The summed E-state index contributed by atoms with van der Waals surface area (Å²) in [5.41, 5.74) is 4.68. The molecule has 35 heavy (non-hydrogen) atoms. The van der Waals surface area contributed by atoms with Gasteiger partial charge in [-0.05, 0) is 22.3 Å². The third kappa shape index (κ3) is 5.64. The van der Waals surface area contributed by atoms with Crippen molar-refractivity contribution >= 4 is 18.3 Å². The van der Waals surface area contributed by atoms with Crippen molar-refractivity contribution in [3.05, 3.63) is 144 Å². The van der Waals surface area contributed by atoms with Crippen molar-refractivity contribution in [2.24, 2.45) is 0 Å². The Morgan fingerprint density at radius 3 is 1.23 bits per heavy atom. The standard InChI is InChI=1S/C31H30N2O.ClH/c34-31(29(25-13-5-1-6-14-25)26-15-7-2-8-16-26)33-23-21-32(22-24-33)30(27-17-9-3-10-18-27)28-19-11-4-12-20-28;/h1-20,29-30H,21-24H2;1H. The monoisotopic (exact) mass is 482 g/mol. The van der Waals surface area contributed by atoms with Crippen LogP contribution in [0, 0.1) is 0 Å². The highest BCUT2D eigenvalue weighted by molar-refractivity contribution is 5.87. The predicted molar refractivity (Wildman–Crippen MR) is 145 cm³/mol. The van der Waals surface area contributed by atoms with E-state index in [1.165, 1.54) is 11.1 Å². The number of piperazine rings is 1. The first-order chi connectivity index (χ1) is 16.8. The zero-order valence-electron chi connectivity index (χ0n) is 19.7. The molecular weight excluding hydrogens is 452 g/mol. The third-order valence-electron chi connectivity index (χ3n) is 6.73. The van der Waals surface area contributed by atoms with E-state index < -0.39 is 0 Å². The molecule has 4 aromatic rings. The topological polar surface area (TPSA) is 23.6 Å². The molecule has 0 spiro atoms. The summed E-state index contributed by atoms with van der Waals surface area (Å²) in [7, 11) is 0. The van der Waals surface area contributed by atoms with Crippen LogP contribution in [0.25, 0.3) is 0 Å². The molecule has 0 aromatic heterocycles. The summed E-state index contributed by atoms with van der Waals surface area (Å²) in [4.78, 5) is 18.4. The molecule has 3 nitrogen and oxygen atoms in total. The van der Waals surface area contributed by atoms with Gasteiger partial charge in [0.25, 0.3) is 0 Å². The molecule has 0 atom stereocenters. The molecule has 1 heterocycles. The number of rotatable bonds is 6. The fourth-order valence-electron chi connectivity index (χ4n) is 5.04. The van der Waals surface area contributed by atoms with Gasteiger partial charge >= 0.3 is 0 Å². The number of nitrogens with zero attached hydrogens (tertiary/aromatic N) is 2. The lowest BCUT2D eigenvalue weighted by Gasteiger charge is -2.40. The van der Waals surface area contributed by atoms with E-state index in [0.29, 0.717) is 0 Å². The van der Waals surface area contributed by atoms with Crippen molar-refractivity contribution < 1.29 is 4.79 Å². The second-order valence-corrected chi connectivity index (χ2v) is 8.84. The van der Waals surface area contributed by atoms with E-state index >= 15 is 0 Å². The smallest absolute Gasteiger partial charge is 0.234 e. The second kappa shape index (κ2) is 11.8. The minimum Gasteiger partial charge on any atom is -0.339 e. The van der Waals surface area contributed by atoms with Gasteiger partial charge in [0.15, 0.2) is 0 Å². The molecule has 0 N–H and O–H groups in total. The van der Waals surface area contributed by atoms with Gasteiger partial charge in [-0.3, -0.25) is 9.69 Å². The Morgan fingerprint density at radius 2 is 0.857 bits per heavy atom. The van der Waals surface area contributed by atoms with Crippen molar-refractivity contribution in [3.63, 3.8) is 0 Å². The Bertz CT molecular complexity index is 1100. The lowest BCUT2D eigenvalue weighted by molar-refractivity contribution is -0.133. The molecule has 4 heteroatoms. The Kier molecular flexibility index (Phi) is 8.36. The van der Waals surface area contributed by atoms with Crippen LogP contribution >= 0.6 is 12.4 Å². The van der Waals surface area contributed by atoms with E-state index in [1.54, 1.807) is 0 Å². The van der Waals surface area contributed by atoms with E-state index in [0.717, 1.165) is 37.3 Å². The maximum atomic E-state index is 13.8. The number of carbonyl (C=O) groups excluding carboxylic acids is 1. The Balaban J connectivity index is 0.00000289. The van der Waals surface area contributed by atoms with Crippen LogP contribution in [0.2, 0.25) is 0 Å². The second-order valence-electron chi connectivity index (χ2n) is 8.84. The van der Waals surface area contributed by atoms with Crippen molar-refractivity contribution in [1.29, 1.82) is 0 Å². The highest BCUT2D eigenvalue weighted by Crippen LogP contribution is 2.31. The summed E-state index contributed by atoms with van der Waals surface area (Å²) in [5, 5.41) is 0. The van der Waals surface area contributed by atoms with E-state index in [-0.39, 0.29) is 30.3 Å². The van der Waals surface area contributed by atoms with E-state index in [2.05, 4.69) is 89.8 Å². The lowest BCUT2D eigenvalue weighted by atomic mass is 9.89. The average molecular weight is 483 g/mol. The number of benzene rings is 4. The minimum atomic E-state index is -0.270. The summed E-state index contributed by atoms with van der Waals surface area (Å²) < 4.78 is 0. The summed E-state index contributed by atoms with van der Waals surface area (Å²) in [6.07, 6.45) is 0. The van der Waals surface area contributed by atoms with Gasteiger partial charge in [-0.2, -0.15) is 0 Å². The molecular formula is C31H31ClN2O. The molecule has 1 amide bonds. The largest absolute Gasteiger partial charge is 0.339 e. The van der Waals surface area contributed by atoms with Gasteiger partial charge in [-0.15, -0.1) is 12.4 Å². The number of amides is 1. The van der Waals surface area contributed by atoms with E-state index in [9.17, 15) is 4.79 Å². The van der Waals surface area contributed by atoms with Crippen LogP contribution in [0.1, 0.15) is 34.2 Å². The molecule has 1 fully saturated rings. The number of halogens is 1. The fourth-order valence-corrected chi connectivity index (χ4v) is 5.04. The van der Waals surface area contributed by atoms with Gasteiger partial charge < -0.3 is 4.90 Å². The van der Waals surface area contributed by atoms with Gasteiger partial charge in [0.05, 0.1) is 12.0 Å². The fraction of sp³-hybridized carbons (Fsp3) is 0.194. The highest BCUT2D eigenvalue weighted by Gasteiger charge is 2.32. The predicted octanol–water partition coefficient (Wildman–Crippen LogP) is 6.17. The number of hydrogen-bond acceptors (Lipinski definition) is 2. The average Bonchev–Trinajstić information content (AvgIpc) is 2.92. The molecule has 4 aromatic carbocycles. The number of hydrogen-bond donors (Lipinski definition) is 0. The molecule has 178 valence electrons. The maximum absolute atomic E-state index is 13.8. The number of carbonyl (C=O) groups is 1. The molecule has 1 saturated heterocycles. The van der Waals surface area contributed by atoms with Crippen LogP contribution in [0.4, 0.5) is 0 Å². The zero-order valence-corrected chi connectivity index (χ0v) is 20.6. The summed E-state index contributed by atoms with van der Waals surface area (Å²) in [6.45, 7) is 3.14. The normalized spacial score (nSPS) is 14.1. The lowest BCUT2D eigenvalue weighted by Crippen LogP contribution is -2.51. The van der Waals surface area contributed by atoms with Gasteiger partial charge in [-0.25, -0.2) is 0 Å². The third-order valence-corrected chi connectivity index (χ3v) is 6.73. The quantitative estimate of drug-likeness (QED) is 0.328. The molecule has 0 saturated carbocycles. The van der Waals surface area contributed by atoms with Crippen LogP contribution in [-0.2, 0) is 4.79 Å². The highest BCUT2D eigenvalue weighted by atomic mass is 35.5. The Morgan fingerprint density at radius 1 is 0.514 bits per heavy atom. The van der Waals surface area contributed by atoms with Crippen LogP contribution in [0.3, 0.4) is 0 Å². The van der Waals surface area contributed by atoms with Crippen LogP contribution < -0.4 is 0 Å². The Labute approximate surface area is 214 Å². The zero-order chi connectivity index (χ0) is 23.2. The summed E-state index contributed by atoms with van der Waals surface area (Å²) >= 11 is 0. The van der Waals surface area contributed by atoms with Crippen LogP contribution in [-0.4, -0.2) is 41.9 Å². The van der Waals surface area contributed by atoms with E-state index in [4.69, 9.17) is 0 Å². The molecule has 1 aliphatic heterocycles. The van der Waals surface area contributed by atoms with Gasteiger partial charge in [-0.1, -0.05) is 121 Å². The summed E-state index contributed by atoms with van der Waals surface area (Å²) in [6, 6.07) is 41.9. The van der Waals surface area contributed by atoms with Gasteiger partial charge in [0.1, 0.15) is 0 Å². The van der Waals surface area contributed by atoms with Crippen molar-refractivity contribution in [2.45, 2.75) is 12.0 Å². The molecule has 0 bridgehead atoms. The van der Waals surface area contributed by atoms with Crippen molar-refractivity contribution in [2.75, 3.05) is 26.2 Å². The Hall–Kier alpha value is -3.40. The first-order valence-corrected chi connectivity index (χ1v) is 12.0. The van der Waals surface area contributed by atoms with Crippen LogP contribution in [0.5, 0.6) is 0 Å². The van der Waals surface area contributed by atoms with Gasteiger partial charge in [0.2, 0.25) is 5.91 Å². The summed E-state index contributed by atoms with van der Waals surface area (Å²) in [5.74, 6) is -0.0824.